The van der Waals surface area contributed by atoms with Gasteiger partial charge >= 0.3 is 5.97 Å². The summed E-state index contributed by atoms with van der Waals surface area (Å²) in [5, 5.41) is 12.1. The standard InChI is InChI=1S/C11H23NO3/c1-7(2)6-10(11(13)14)12-8(3)9(4)15-5/h7-10,12H,6H2,1-5H3,(H,13,14). The van der Waals surface area contributed by atoms with Gasteiger partial charge in [-0.3, -0.25) is 10.1 Å². The van der Waals surface area contributed by atoms with Crippen molar-refractivity contribution in [2.24, 2.45) is 5.92 Å². The predicted molar refractivity (Wildman–Crippen MR) is 59.9 cm³/mol. The smallest absolute Gasteiger partial charge is 0.320 e. The maximum absolute atomic E-state index is 11.0. The van der Waals surface area contributed by atoms with Crippen LogP contribution in [0.4, 0.5) is 0 Å². The molecule has 0 aliphatic heterocycles. The van der Waals surface area contributed by atoms with Crippen LogP contribution in [-0.4, -0.2) is 36.4 Å². The molecule has 0 aliphatic carbocycles. The molecule has 15 heavy (non-hydrogen) atoms. The number of hydrogen-bond donors (Lipinski definition) is 2. The zero-order chi connectivity index (χ0) is 12.0. The zero-order valence-electron chi connectivity index (χ0n) is 10.3. The molecule has 3 atom stereocenters. The van der Waals surface area contributed by atoms with Crippen LogP contribution in [0.25, 0.3) is 0 Å². The molecule has 90 valence electrons. The van der Waals surface area contributed by atoms with Crippen molar-refractivity contribution in [2.45, 2.75) is 52.3 Å². The summed E-state index contributed by atoms with van der Waals surface area (Å²) in [4.78, 5) is 11.0. The fraction of sp³-hybridized carbons (Fsp3) is 0.909. The van der Waals surface area contributed by atoms with Crippen LogP contribution in [0.1, 0.15) is 34.1 Å². The van der Waals surface area contributed by atoms with Crippen LogP contribution in [0.2, 0.25) is 0 Å². The maximum Gasteiger partial charge on any atom is 0.320 e. The normalized spacial score (nSPS) is 17.5. The van der Waals surface area contributed by atoms with Crippen LogP contribution < -0.4 is 5.32 Å². The highest BCUT2D eigenvalue weighted by atomic mass is 16.5. The van der Waals surface area contributed by atoms with E-state index < -0.39 is 12.0 Å². The number of rotatable bonds is 7. The fourth-order valence-corrected chi connectivity index (χ4v) is 1.37. The summed E-state index contributed by atoms with van der Waals surface area (Å²) in [5.74, 6) is -0.428. The molecule has 0 rings (SSSR count). The highest BCUT2D eigenvalue weighted by Crippen LogP contribution is 2.07. The molecule has 4 heteroatoms. The van der Waals surface area contributed by atoms with Crippen molar-refractivity contribution in [3.8, 4) is 0 Å². The highest BCUT2D eigenvalue weighted by Gasteiger charge is 2.22. The molecule has 3 unspecified atom stereocenters. The van der Waals surface area contributed by atoms with Gasteiger partial charge in [0.15, 0.2) is 0 Å². The molecule has 0 spiro atoms. The van der Waals surface area contributed by atoms with Gasteiger partial charge in [0.05, 0.1) is 6.10 Å². The van der Waals surface area contributed by atoms with Gasteiger partial charge in [0, 0.05) is 13.2 Å². The van der Waals surface area contributed by atoms with E-state index in [9.17, 15) is 4.79 Å². The summed E-state index contributed by atoms with van der Waals surface area (Å²) >= 11 is 0. The third kappa shape index (κ3) is 5.74. The van der Waals surface area contributed by atoms with Crippen LogP contribution in [0.5, 0.6) is 0 Å². The third-order valence-corrected chi connectivity index (χ3v) is 2.55. The van der Waals surface area contributed by atoms with E-state index in [1.54, 1.807) is 7.11 Å². The maximum atomic E-state index is 11.0. The second-order valence-corrected chi connectivity index (χ2v) is 4.42. The lowest BCUT2D eigenvalue weighted by atomic mass is 10.0. The third-order valence-electron chi connectivity index (χ3n) is 2.55. The molecular weight excluding hydrogens is 194 g/mol. The van der Waals surface area contributed by atoms with Gasteiger partial charge in [-0.25, -0.2) is 0 Å². The van der Waals surface area contributed by atoms with Gasteiger partial charge in [-0.1, -0.05) is 13.8 Å². The molecule has 0 bridgehead atoms. The molecule has 0 amide bonds. The Hall–Kier alpha value is -0.610. The Morgan fingerprint density at radius 3 is 2.20 bits per heavy atom. The van der Waals surface area contributed by atoms with Gasteiger partial charge < -0.3 is 9.84 Å². The second kappa shape index (κ2) is 6.80. The minimum absolute atomic E-state index is 0.0130. The first-order valence-corrected chi connectivity index (χ1v) is 5.40. The Bertz CT molecular complexity index is 194. The number of nitrogens with one attached hydrogen (secondary N) is 1. The Morgan fingerprint density at radius 2 is 1.87 bits per heavy atom. The van der Waals surface area contributed by atoms with Gasteiger partial charge in [-0.2, -0.15) is 0 Å². The van der Waals surface area contributed by atoms with E-state index in [1.807, 2.05) is 27.7 Å². The van der Waals surface area contributed by atoms with E-state index in [1.165, 1.54) is 0 Å². The van der Waals surface area contributed by atoms with Crippen molar-refractivity contribution in [2.75, 3.05) is 7.11 Å². The van der Waals surface area contributed by atoms with Crippen molar-refractivity contribution >= 4 is 5.97 Å². The van der Waals surface area contributed by atoms with Crippen molar-refractivity contribution in [3.63, 3.8) is 0 Å². The van der Waals surface area contributed by atoms with Gasteiger partial charge in [-0.05, 0) is 26.2 Å². The summed E-state index contributed by atoms with van der Waals surface area (Å²) in [6, 6.07) is -0.451. The molecule has 0 saturated carbocycles. The van der Waals surface area contributed by atoms with Crippen LogP contribution >= 0.6 is 0 Å². The summed E-state index contributed by atoms with van der Waals surface area (Å²) in [5.41, 5.74) is 0. The number of aliphatic carboxylic acids is 1. The Labute approximate surface area is 92.0 Å². The first kappa shape index (κ1) is 14.4. The SMILES string of the molecule is COC(C)C(C)NC(CC(C)C)C(=O)O. The topological polar surface area (TPSA) is 58.6 Å². The van der Waals surface area contributed by atoms with E-state index in [-0.39, 0.29) is 12.1 Å². The van der Waals surface area contributed by atoms with Crippen molar-refractivity contribution in [3.05, 3.63) is 0 Å². The number of ether oxygens (including phenoxy) is 1. The van der Waals surface area contributed by atoms with E-state index in [2.05, 4.69) is 5.32 Å². The molecule has 0 saturated heterocycles. The Kier molecular flexibility index (Phi) is 6.52. The van der Waals surface area contributed by atoms with Crippen LogP contribution in [0, 0.1) is 5.92 Å². The lowest BCUT2D eigenvalue weighted by Gasteiger charge is -2.25. The molecule has 0 aromatic rings. The van der Waals surface area contributed by atoms with Gasteiger partial charge in [0.2, 0.25) is 0 Å². The molecule has 4 nitrogen and oxygen atoms in total. The van der Waals surface area contributed by atoms with Gasteiger partial charge in [0.1, 0.15) is 6.04 Å². The summed E-state index contributed by atoms with van der Waals surface area (Å²) in [6.45, 7) is 7.89. The Morgan fingerprint density at radius 1 is 1.33 bits per heavy atom. The van der Waals surface area contributed by atoms with Crippen LogP contribution in [-0.2, 0) is 9.53 Å². The largest absolute Gasteiger partial charge is 0.480 e. The lowest BCUT2D eigenvalue weighted by molar-refractivity contribution is -0.140. The summed E-state index contributed by atoms with van der Waals surface area (Å²) in [7, 11) is 1.63. The molecule has 0 aliphatic rings. The molecule has 0 fully saturated rings. The number of carbonyl (C=O) groups is 1. The first-order valence-electron chi connectivity index (χ1n) is 5.40. The summed E-state index contributed by atoms with van der Waals surface area (Å²) < 4.78 is 5.14. The number of carboxylic acid groups (broad SMARTS) is 1. The van der Waals surface area contributed by atoms with Crippen LogP contribution in [0.15, 0.2) is 0 Å². The highest BCUT2D eigenvalue weighted by molar-refractivity contribution is 5.73. The lowest BCUT2D eigenvalue weighted by Crippen LogP contribution is -2.47. The first-order chi connectivity index (χ1) is 6.88. The van der Waals surface area contributed by atoms with E-state index in [4.69, 9.17) is 9.84 Å². The van der Waals surface area contributed by atoms with Crippen molar-refractivity contribution in [1.29, 1.82) is 0 Å². The fourth-order valence-electron chi connectivity index (χ4n) is 1.37. The predicted octanol–water partition coefficient (Wildman–Crippen LogP) is 1.50. The minimum atomic E-state index is -0.793. The zero-order valence-corrected chi connectivity index (χ0v) is 10.3. The molecule has 0 heterocycles. The number of methoxy groups -OCH3 is 1. The summed E-state index contributed by atoms with van der Waals surface area (Å²) in [6.07, 6.45) is 0.648. The molecule has 0 radical (unpaired) electrons. The van der Waals surface area contributed by atoms with E-state index >= 15 is 0 Å². The molecule has 0 aromatic heterocycles. The molecule has 2 N–H and O–H groups in total. The second-order valence-electron chi connectivity index (χ2n) is 4.42. The van der Waals surface area contributed by atoms with Crippen molar-refractivity contribution in [1.82, 2.24) is 5.32 Å². The minimum Gasteiger partial charge on any atom is -0.480 e. The van der Waals surface area contributed by atoms with E-state index in [0.29, 0.717) is 12.3 Å². The molecule has 0 aromatic carbocycles. The Balaban J connectivity index is 4.22. The van der Waals surface area contributed by atoms with Crippen LogP contribution in [0.3, 0.4) is 0 Å². The average molecular weight is 217 g/mol. The van der Waals surface area contributed by atoms with Crippen molar-refractivity contribution < 1.29 is 14.6 Å². The monoisotopic (exact) mass is 217 g/mol. The van der Waals surface area contributed by atoms with Gasteiger partial charge in [-0.15, -0.1) is 0 Å². The molecular formula is C11H23NO3. The number of hydrogen-bond acceptors (Lipinski definition) is 3. The number of carboxylic acids is 1. The van der Waals surface area contributed by atoms with Gasteiger partial charge in [0.25, 0.3) is 0 Å². The van der Waals surface area contributed by atoms with E-state index in [0.717, 1.165) is 0 Å². The average Bonchev–Trinajstić information content (AvgIpc) is 2.14. The quantitative estimate of drug-likeness (QED) is 0.678.